The average molecular weight is 127 g/mol. The maximum absolute atomic E-state index is 10.6. The van der Waals surface area contributed by atoms with Crippen LogP contribution in [0.3, 0.4) is 0 Å². The molecule has 0 fully saturated rings. The van der Waals surface area contributed by atoms with Gasteiger partial charge >= 0.3 is 5.97 Å². The van der Waals surface area contributed by atoms with Gasteiger partial charge in [0.15, 0.2) is 0 Å². The first-order valence-electron chi connectivity index (χ1n) is 2.87. The molecule has 0 aromatic heterocycles. The number of ether oxygens (including phenoxy) is 1. The molecule has 0 atom stereocenters. The zero-order chi connectivity index (χ0) is 7.28. The fourth-order valence-electron chi connectivity index (χ4n) is 0.342. The van der Waals surface area contributed by atoms with Crippen molar-refractivity contribution in [3.63, 3.8) is 0 Å². The molecule has 0 aliphatic carbocycles. The van der Waals surface area contributed by atoms with E-state index < -0.39 is 0 Å². The Bertz CT molecular complexity index is 125. The van der Waals surface area contributed by atoms with Crippen molar-refractivity contribution in [2.24, 2.45) is 0 Å². The third-order valence-corrected chi connectivity index (χ3v) is 0.886. The van der Waals surface area contributed by atoms with Crippen LogP contribution < -0.4 is 0 Å². The molecule has 0 aliphatic rings. The SMILES string of the molecule is [CH2]/C(=C/C)C(=O)OCC. The second kappa shape index (κ2) is 4.13. The number of hydrogen-bond acceptors (Lipinski definition) is 2. The Morgan fingerprint density at radius 1 is 1.78 bits per heavy atom. The molecular formula is C7H11O2. The quantitative estimate of drug-likeness (QED) is 0.413. The number of carbonyl (C=O) groups excluding carboxylic acids is 1. The number of carbonyl (C=O) groups is 1. The zero-order valence-corrected chi connectivity index (χ0v) is 5.81. The minimum absolute atomic E-state index is 0.333. The minimum atomic E-state index is -0.333. The second-order valence-electron chi connectivity index (χ2n) is 1.53. The lowest BCUT2D eigenvalue weighted by Crippen LogP contribution is -2.04. The fraction of sp³-hybridized carbons (Fsp3) is 0.429. The van der Waals surface area contributed by atoms with Gasteiger partial charge in [-0.15, -0.1) is 0 Å². The highest BCUT2D eigenvalue weighted by molar-refractivity contribution is 5.89. The van der Waals surface area contributed by atoms with Gasteiger partial charge in [-0.1, -0.05) is 6.08 Å². The first-order valence-corrected chi connectivity index (χ1v) is 2.87. The topological polar surface area (TPSA) is 26.3 Å². The van der Waals surface area contributed by atoms with Crippen molar-refractivity contribution in [2.45, 2.75) is 13.8 Å². The molecule has 0 rings (SSSR count). The summed E-state index contributed by atoms with van der Waals surface area (Å²) < 4.78 is 4.62. The van der Waals surface area contributed by atoms with Crippen molar-refractivity contribution >= 4 is 5.97 Å². The standard InChI is InChI=1S/C7H11O2/c1-4-6(3)7(8)9-5-2/h4H,3,5H2,1-2H3/b6-4-. The highest BCUT2D eigenvalue weighted by Gasteiger charge is 2.00. The predicted molar refractivity (Wildman–Crippen MR) is 35.7 cm³/mol. The van der Waals surface area contributed by atoms with Gasteiger partial charge in [0.1, 0.15) is 0 Å². The van der Waals surface area contributed by atoms with Crippen LogP contribution in [0.15, 0.2) is 11.6 Å². The van der Waals surface area contributed by atoms with Crippen LogP contribution in [-0.4, -0.2) is 12.6 Å². The van der Waals surface area contributed by atoms with E-state index in [1.54, 1.807) is 19.9 Å². The number of rotatable bonds is 2. The van der Waals surface area contributed by atoms with Gasteiger partial charge in [-0.05, 0) is 20.8 Å². The summed E-state index contributed by atoms with van der Waals surface area (Å²) in [6.45, 7) is 7.38. The van der Waals surface area contributed by atoms with E-state index >= 15 is 0 Å². The summed E-state index contributed by atoms with van der Waals surface area (Å²) in [6, 6.07) is 0. The first-order chi connectivity index (χ1) is 4.22. The van der Waals surface area contributed by atoms with Gasteiger partial charge in [0.25, 0.3) is 0 Å². The molecule has 51 valence electrons. The smallest absolute Gasteiger partial charge is 0.333 e. The molecule has 0 N–H and O–H groups in total. The van der Waals surface area contributed by atoms with Crippen LogP contribution in [0, 0.1) is 6.92 Å². The molecule has 2 nitrogen and oxygen atoms in total. The van der Waals surface area contributed by atoms with E-state index in [4.69, 9.17) is 0 Å². The molecule has 0 spiro atoms. The maximum atomic E-state index is 10.6. The van der Waals surface area contributed by atoms with E-state index in [9.17, 15) is 4.79 Å². The molecule has 0 aliphatic heterocycles. The average Bonchev–Trinajstić information content (AvgIpc) is 1.87. The number of allylic oxidation sites excluding steroid dienone is 1. The van der Waals surface area contributed by atoms with Crippen molar-refractivity contribution in [1.82, 2.24) is 0 Å². The van der Waals surface area contributed by atoms with Crippen molar-refractivity contribution in [3.8, 4) is 0 Å². The Morgan fingerprint density at radius 2 is 2.33 bits per heavy atom. The van der Waals surface area contributed by atoms with Gasteiger partial charge in [0.05, 0.1) is 6.61 Å². The lowest BCUT2D eigenvalue weighted by atomic mass is 10.3. The van der Waals surface area contributed by atoms with E-state index in [2.05, 4.69) is 11.7 Å². The molecule has 0 bridgehead atoms. The summed E-state index contributed by atoms with van der Waals surface area (Å²) in [4.78, 5) is 10.6. The Labute approximate surface area is 55.5 Å². The van der Waals surface area contributed by atoms with E-state index in [0.29, 0.717) is 12.2 Å². The van der Waals surface area contributed by atoms with Gasteiger partial charge in [-0.25, -0.2) is 4.79 Å². The van der Waals surface area contributed by atoms with Crippen LogP contribution in [0.5, 0.6) is 0 Å². The van der Waals surface area contributed by atoms with Gasteiger partial charge in [0, 0.05) is 5.57 Å². The van der Waals surface area contributed by atoms with Crippen LogP contribution in [-0.2, 0) is 9.53 Å². The summed E-state index contributed by atoms with van der Waals surface area (Å²) >= 11 is 0. The fourth-order valence-corrected chi connectivity index (χ4v) is 0.342. The summed E-state index contributed by atoms with van der Waals surface area (Å²) in [6.07, 6.45) is 1.62. The Hall–Kier alpha value is -0.790. The first kappa shape index (κ1) is 8.21. The van der Waals surface area contributed by atoms with Crippen LogP contribution in [0.2, 0.25) is 0 Å². The van der Waals surface area contributed by atoms with Crippen molar-refractivity contribution in [2.75, 3.05) is 6.61 Å². The highest BCUT2D eigenvalue weighted by atomic mass is 16.5. The van der Waals surface area contributed by atoms with Gasteiger partial charge in [-0.3, -0.25) is 0 Å². The minimum Gasteiger partial charge on any atom is -0.463 e. The monoisotopic (exact) mass is 127 g/mol. The maximum Gasteiger partial charge on any atom is 0.333 e. The Balaban J connectivity index is 3.74. The lowest BCUT2D eigenvalue weighted by molar-refractivity contribution is -0.138. The van der Waals surface area contributed by atoms with E-state index in [1.165, 1.54) is 0 Å². The molecule has 0 saturated heterocycles. The van der Waals surface area contributed by atoms with Crippen molar-refractivity contribution in [3.05, 3.63) is 18.6 Å². The zero-order valence-electron chi connectivity index (χ0n) is 5.81. The summed E-state index contributed by atoms with van der Waals surface area (Å²) in [5.74, 6) is -0.333. The van der Waals surface area contributed by atoms with Crippen LogP contribution in [0.1, 0.15) is 13.8 Å². The van der Waals surface area contributed by atoms with E-state index in [0.717, 1.165) is 0 Å². The molecule has 1 radical (unpaired) electrons. The molecule has 0 amide bonds. The largest absolute Gasteiger partial charge is 0.463 e. The van der Waals surface area contributed by atoms with Gasteiger partial charge in [-0.2, -0.15) is 0 Å². The molecule has 2 heteroatoms. The molecule has 9 heavy (non-hydrogen) atoms. The predicted octanol–water partition coefficient (Wildman–Crippen LogP) is 1.33. The summed E-state index contributed by atoms with van der Waals surface area (Å²) in [5, 5.41) is 0. The Kier molecular flexibility index (Phi) is 3.76. The molecule has 0 unspecified atom stereocenters. The van der Waals surface area contributed by atoms with Crippen molar-refractivity contribution < 1.29 is 9.53 Å². The second-order valence-corrected chi connectivity index (χ2v) is 1.53. The summed E-state index contributed by atoms with van der Waals surface area (Å²) in [7, 11) is 0. The molecule has 0 heterocycles. The highest BCUT2D eigenvalue weighted by Crippen LogP contribution is 1.93. The normalized spacial score (nSPS) is 11.2. The molecule has 0 saturated carbocycles. The number of esters is 1. The van der Waals surface area contributed by atoms with Crippen molar-refractivity contribution in [1.29, 1.82) is 0 Å². The van der Waals surface area contributed by atoms with E-state index in [-0.39, 0.29) is 5.97 Å². The third-order valence-electron chi connectivity index (χ3n) is 0.886. The molecule has 0 aromatic carbocycles. The van der Waals surface area contributed by atoms with Crippen LogP contribution >= 0.6 is 0 Å². The Morgan fingerprint density at radius 3 is 2.67 bits per heavy atom. The van der Waals surface area contributed by atoms with Crippen LogP contribution in [0.25, 0.3) is 0 Å². The van der Waals surface area contributed by atoms with Gasteiger partial charge in [0.2, 0.25) is 0 Å². The summed E-state index contributed by atoms with van der Waals surface area (Å²) in [5.41, 5.74) is 0.414. The molecular weight excluding hydrogens is 116 g/mol. The molecule has 0 aromatic rings. The third kappa shape index (κ3) is 2.90. The van der Waals surface area contributed by atoms with E-state index in [1.807, 2.05) is 0 Å². The van der Waals surface area contributed by atoms with Crippen LogP contribution in [0.4, 0.5) is 0 Å². The van der Waals surface area contributed by atoms with Gasteiger partial charge < -0.3 is 4.74 Å². The number of hydrogen-bond donors (Lipinski definition) is 0. The lowest BCUT2D eigenvalue weighted by Gasteiger charge is -1.98.